The number of benzene rings is 2. The summed E-state index contributed by atoms with van der Waals surface area (Å²) < 4.78 is 10.9. The van der Waals surface area contributed by atoms with Crippen LogP contribution in [-0.4, -0.2) is 55.0 Å². The van der Waals surface area contributed by atoms with Crippen LogP contribution in [0.3, 0.4) is 0 Å². The lowest BCUT2D eigenvalue weighted by atomic mass is 9.93. The van der Waals surface area contributed by atoms with Gasteiger partial charge in [0.05, 0.1) is 20.8 Å². The number of carbonyl (C=O) groups excluding carboxylic acids is 2. The molecule has 3 aromatic rings. The standard InChI is InChI=1S/C35H46N2O4S/c1-4-5-7-11-27-15-18-29(19-16-27)35(39)37(30-12-8-6-9-13-30)26-34(38)36(25-31-14-10-23-42-31)22-21-28-17-20-32(40-2)33(24-28)41-3/h10,14-20,23-24,30H,4-9,11-13,21-22,25-26H2,1-3H3. The van der Waals surface area contributed by atoms with Crippen LogP contribution < -0.4 is 9.47 Å². The lowest BCUT2D eigenvalue weighted by molar-refractivity contribution is -0.133. The van der Waals surface area contributed by atoms with E-state index in [0.29, 0.717) is 36.6 Å². The second kappa shape index (κ2) is 16.4. The van der Waals surface area contributed by atoms with Crippen LogP contribution in [0.2, 0.25) is 0 Å². The van der Waals surface area contributed by atoms with Crippen LogP contribution >= 0.6 is 11.3 Å². The Hall–Kier alpha value is -3.32. The lowest BCUT2D eigenvalue weighted by Gasteiger charge is -2.35. The molecule has 1 aliphatic rings. The maximum absolute atomic E-state index is 14.0. The molecule has 1 aromatic heterocycles. The van der Waals surface area contributed by atoms with Crippen molar-refractivity contribution in [3.8, 4) is 11.5 Å². The average Bonchev–Trinajstić information content (AvgIpc) is 3.55. The highest BCUT2D eigenvalue weighted by molar-refractivity contribution is 7.09. The summed E-state index contributed by atoms with van der Waals surface area (Å²) in [6.07, 6.45) is 10.6. The summed E-state index contributed by atoms with van der Waals surface area (Å²) in [6.45, 7) is 3.38. The quantitative estimate of drug-likeness (QED) is 0.172. The van der Waals surface area contributed by atoms with E-state index in [1.54, 1.807) is 25.6 Å². The van der Waals surface area contributed by atoms with Crippen molar-refractivity contribution < 1.29 is 19.1 Å². The highest BCUT2D eigenvalue weighted by Gasteiger charge is 2.30. The molecule has 1 saturated carbocycles. The molecule has 0 saturated heterocycles. The van der Waals surface area contributed by atoms with Crippen molar-refractivity contribution in [1.82, 2.24) is 9.80 Å². The van der Waals surface area contributed by atoms with Crippen molar-refractivity contribution in [3.05, 3.63) is 81.5 Å². The molecule has 42 heavy (non-hydrogen) atoms. The van der Waals surface area contributed by atoms with Gasteiger partial charge in [-0.1, -0.05) is 63.3 Å². The van der Waals surface area contributed by atoms with E-state index in [1.807, 2.05) is 51.6 Å². The lowest BCUT2D eigenvalue weighted by Crippen LogP contribution is -2.48. The van der Waals surface area contributed by atoms with Gasteiger partial charge < -0.3 is 19.3 Å². The number of carbonyl (C=O) groups is 2. The molecule has 4 rings (SSSR count). The van der Waals surface area contributed by atoms with Crippen LogP contribution in [0.1, 0.15) is 84.7 Å². The third-order valence-corrected chi connectivity index (χ3v) is 9.11. The van der Waals surface area contributed by atoms with Crippen LogP contribution in [-0.2, 0) is 24.2 Å². The van der Waals surface area contributed by atoms with Gasteiger partial charge in [-0.3, -0.25) is 9.59 Å². The van der Waals surface area contributed by atoms with Crippen molar-refractivity contribution in [2.24, 2.45) is 0 Å². The third kappa shape index (κ3) is 8.84. The van der Waals surface area contributed by atoms with E-state index in [1.165, 1.54) is 24.8 Å². The third-order valence-electron chi connectivity index (χ3n) is 8.25. The van der Waals surface area contributed by atoms with Gasteiger partial charge in [0.15, 0.2) is 11.5 Å². The Bertz CT molecular complexity index is 1250. The Morgan fingerprint density at radius 1 is 0.881 bits per heavy atom. The Labute approximate surface area is 255 Å². The Morgan fingerprint density at radius 3 is 2.29 bits per heavy atom. The smallest absolute Gasteiger partial charge is 0.254 e. The number of rotatable bonds is 15. The SMILES string of the molecule is CCCCCc1ccc(C(=O)N(CC(=O)N(CCc2ccc(OC)c(OC)c2)Cc2cccs2)C2CCCCC2)cc1. The molecular formula is C35H46N2O4S. The first-order chi connectivity index (χ1) is 20.5. The van der Waals surface area contributed by atoms with E-state index in [2.05, 4.69) is 25.1 Å². The van der Waals surface area contributed by atoms with Gasteiger partial charge in [-0.25, -0.2) is 0 Å². The molecule has 2 amide bonds. The summed E-state index contributed by atoms with van der Waals surface area (Å²) in [4.78, 5) is 32.8. The Balaban J connectivity index is 1.51. The monoisotopic (exact) mass is 590 g/mol. The van der Waals surface area contributed by atoms with Crippen molar-refractivity contribution in [3.63, 3.8) is 0 Å². The first kappa shape index (κ1) is 31.6. The van der Waals surface area contributed by atoms with Gasteiger partial charge in [0, 0.05) is 23.0 Å². The number of thiophene rings is 1. The van der Waals surface area contributed by atoms with Crippen LogP contribution in [0.5, 0.6) is 11.5 Å². The number of nitrogens with zero attached hydrogens (tertiary/aromatic N) is 2. The second-order valence-electron chi connectivity index (χ2n) is 11.2. The van der Waals surface area contributed by atoms with Gasteiger partial charge in [0.25, 0.3) is 5.91 Å². The van der Waals surface area contributed by atoms with Gasteiger partial charge in [-0.15, -0.1) is 11.3 Å². The fourth-order valence-corrected chi connectivity index (χ4v) is 6.47. The van der Waals surface area contributed by atoms with Crippen LogP contribution in [0, 0.1) is 0 Å². The summed E-state index contributed by atoms with van der Waals surface area (Å²) >= 11 is 1.65. The number of ether oxygens (including phenoxy) is 2. The van der Waals surface area contributed by atoms with Crippen LogP contribution in [0.4, 0.5) is 0 Å². The summed E-state index contributed by atoms with van der Waals surface area (Å²) in [6, 6.07) is 18.1. The number of methoxy groups -OCH3 is 2. The van der Waals surface area contributed by atoms with Crippen molar-refractivity contribution in [1.29, 1.82) is 0 Å². The topological polar surface area (TPSA) is 59.1 Å². The largest absolute Gasteiger partial charge is 0.493 e. The van der Waals surface area contributed by atoms with Gasteiger partial charge in [-0.2, -0.15) is 0 Å². The molecule has 2 aromatic carbocycles. The first-order valence-electron chi connectivity index (χ1n) is 15.4. The maximum atomic E-state index is 14.0. The molecule has 226 valence electrons. The van der Waals surface area contributed by atoms with Gasteiger partial charge >= 0.3 is 0 Å². The molecular weight excluding hydrogens is 544 g/mol. The minimum Gasteiger partial charge on any atom is -0.493 e. The van der Waals surface area contributed by atoms with E-state index >= 15 is 0 Å². The van der Waals surface area contributed by atoms with Gasteiger partial charge in [-0.05, 0) is 78.9 Å². The normalized spacial score (nSPS) is 13.5. The van der Waals surface area contributed by atoms with E-state index < -0.39 is 0 Å². The molecule has 0 spiro atoms. The number of hydrogen-bond donors (Lipinski definition) is 0. The van der Waals surface area contributed by atoms with Crippen molar-refractivity contribution in [2.45, 2.75) is 83.7 Å². The zero-order valence-corrected chi connectivity index (χ0v) is 26.3. The molecule has 0 aliphatic heterocycles. The Morgan fingerprint density at radius 2 is 1.62 bits per heavy atom. The van der Waals surface area contributed by atoms with E-state index in [9.17, 15) is 9.59 Å². The predicted molar refractivity (Wildman–Crippen MR) is 171 cm³/mol. The zero-order valence-electron chi connectivity index (χ0n) is 25.5. The summed E-state index contributed by atoms with van der Waals surface area (Å²) in [5.74, 6) is 1.31. The molecule has 7 heteroatoms. The minimum atomic E-state index is -0.0358. The van der Waals surface area contributed by atoms with Gasteiger partial charge in [0.1, 0.15) is 6.54 Å². The molecule has 1 aliphatic carbocycles. The predicted octanol–water partition coefficient (Wildman–Crippen LogP) is 7.54. The molecule has 6 nitrogen and oxygen atoms in total. The van der Waals surface area contributed by atoms with Crippen LogP contribution in [0.25, 0.3) is 0 Å². The summed E-state index contributed by atoms with van der Waals surface area (Å²) in [7, 11) is 3.26. The second-order valence-corrected chi connectivity index (χ2v) is 12.2. The van der Waals surface area contributed by atoms with E-state index in [0.717, 1.165) is 49.0 Å². The van der Waals surface area contributed by atoms with E-state index in [-0.39, 0.29) is 24.4 Å². The number of amides is 2. The summed E-state index contributed by atoms with van der Waals surface area (Å²) in [5.41, 5.74) is 3.00. The van der Waals surface area contributed by atoms with Crippen LogP contribution in [0.15, 0.2) is 60.0 Å². The van der Waals surface area contributed by atoms with Crippen molar-refractivity contribution >= 4 is 23.2 Å². The maximum Gasteiger partial charge on any atom is 0.254 e. The molecule has 1 fully saturated rings. The highest BCUT2D eigenvalue weighted by atomic mass is 32.1. The average molecular weight is 591 g/mol. The fourth-order valence-electron chi connectivity index (χ4n) is 5.75. The first-order valence-corrected chi connectivity index (χ1v) is 16.3. The van der Waals surface area contributed by atoms with Gasteiger partial charge in [0.2, 0.25) is 5.91 Å². The van der Waals surface area contributed by atoms with E-state index in [4.69, 9.17) is 9.47 Å². The number of aryl methyl sites for hydroxylation is 1. The number of unbranched alkanes of at least 4 members (excludes halogenated alkanes) is 2. The molecule has 0 bridgehead atoms. The zero-order chi connectivity index (χ0) is 29.7. The summed E-state index contributed by atoms with van der Waals surface area (Å²) in [5, 5.41) is 2.04. The Kier molecular flexibility index (Phi) is 12.3. The molecule has 0 radical (unpaired) electrons. The minimum absolute atomic E-state index is 0.0148. The molecule has 0 unspecified atom stereocenters. The fraction of sp³-hybridized carbons (Fsp3) is 0.486. The van der Waals surface area contributed by atoms with Crippen molar-refractivity contribution in [2.75, 3.05) is 27.3 Å². The molecule has 1 heterocycles. The number of hydrogen-bond acceptors (Lipinski definition) is 5. The molecule has 0 atom stereocenters. The molecule has 0 N–H and O–H groups in total. The highest BCUT2D eigenvalue weighted by Crippen LogP contribution is 2.28.